The topological polar surface area (TPSA) is 24.9 Å². The van der Waals surface area contributed by atoms with E-state index in [9.17, 15) is 0 Å². The Balaban J connectivity index is 2.89. The Morgan fingerprint density at radius 3 is 2.11 bits per heavy atom. The van der Waals surface area contributed by atoms with E-state index in [1.165, 1.54) is 15.6 Å². The van der Waals surface area contributed by atoms with Crippen molar-refractivity contribution in [3.63, 3.8) is 0 Å². The zero-order chi connectivity index (χ0) is 14.8. The van der Waals surface area contributed by atoms with Gasteiger partial charge in [0.2, 0.25) is 0 Å². The van der Waals surface area contributed by atoms with Crippen molar-refractivity contribution < 1.29 is 0 Å². The lowest BCUT2D eigenvalue weighted by Crippen LogP contribution is -2.35. The average Bonchev–Trinajstić information content (AvgIpc) is 2.54. The monoisotopic (exact) mass is 282 g/mol. The Morgan fingerprint density at radius 1 is 1.11 bits per heavy atom. The molecule has 2 nitrogen and oxygen atoms in total. The van der Waals surface area contributed by atoms with Crippen LogP contribution in [-0.4, -0.2) is 10.5 Å². The second kappa shape index (κ2) is 5.92. The van der Waals surface area contributed by atoms with E-state index in [2.05, 4.69) is 60.7 Å². The lowest BCUT2D eigenvalue weighted by Gasteiger charge is -2.20. The fraction of sp³-hybridized carbons (Fsp3) is 0.812. The summed E-state index contributed by atoms with van der Waals surface area (Å²) in [6, 6.07) is 0. The summed E-state index contributed by atoms with van der Waals surface area (Å²) in [5, 5.41) is 4.86. The molecule has 0 radical (unpaired) electrons. The van der Waals surface area contributed by atoms with Gasteiger partial charge in [-0.25, -0.2) is 4.98 Å². The van der Waals surface area contributed by atoms with E-state index in [1.54, 1.807) is 0 Å². The Hall–Kier alpha value is -0.410. The molecular weight excluding hydrogens is 252 g/mol. The molecule has 0 atom stereocenters. The molecule has 19 heavy (non-hydrogen) atoms. The van der Waals surface area contributed by atoms with Crippen LogP contribution >= 0.6 is 11.3 Å². The molecule has 1 heterocycles. The highest BCUT2D eigenvalue weighted by molar-refractivity contribution is 7.11. The fourth-order valence-electron chi connectivity index (χ4n) is 1.87. The lowest BCUT2D eigenvalue weighted by molar-refractivity contribution is 0.410. The molecule has 1 rings (SSSR count). The Morgan fingerprint density at radius 2 is 1.68 bits per heavy atom. The number of thiazole rings is 1. The highest BCUT2D eigenvalue weighted by atomic mass is 32.1. The molecule has 0 aliphatic carbocycles. The number of aromatic nitrogens is 1. The van der Waals surface area contributed by atoms with Gasteiger partial charge in [0.1, 0.15) is 0 Å². The fourth-order valence-corrected chi connectivity index (χ4v) is 3.33. The molecule has 1 N–H and O–H groups in total. The third-order valence-electron chi connectivity index (χ3n) is 2.78. The molecule has 0 unspecified atom stereocenters. The quantitative estimate of drug-likeness (QED) is 0.862. The molecule has 0 aliphatic heterocycles. The molecule has 0 spiro atoms. The Bertz CT molecular complexity index is 405. The number of rotatable bonds is 4. The number of hydrogen-bond acceptors (Lipinski definition) is 3. The third kappa shape index (κ3) is 6.05. The van der Waals surface area contributed by atoms with Crippen LogP contribution in [0.1, 0.15) is 76.9 Å². The summed E-state index contributed by atoms with van der Waals surface area (Å²) >= 11 is 1.88. The normalized spacial score (nSPS) is 13.3. The summed E-state index contributed by atoms with van der Waals surface area (Å²) < 4.78 is 0. The minimum atomic E-state index is 0.155. The molecule has 0 aliphatic rings. The van der Waals surface area contributed by atoms with E-state index in [4.69, 9.17) is 4.98 Å². The first-order valence-corrected chi connectivity index (χ1v) is 8.03. The van der Waals surface area contributed by atoms with Crippen molar-refractivity contribution in [2.45, 2.75) is 79.8 Å². The van der Waals surface area contributed by atoms with Crippen molar-refractivity contribution in [3.05, 3.63) is 15.6 Å². The van der Waals surface area contributed by atoms with Crippen molar-refractivity contribution in [2.75, 3.05) is 0 Å². The van der Waals surface area contributed by atoms with Gasteiger partial charge in [0.15, 0.2) is 0 Å². The molecule has 0 amide bonds. The molecule has 0 aromatic carbocycles. The summed E-state index contributed by atoms with van der Waals surface area (Å²) in [5.74, 6) is 0.502. The van der Waals surface area contributed by atoms with Gasteiger partial charge in [0.05, 0.1) is 10.7 Å². The molecule has 110 valence electrons. The third-order valence-corrected chi connectivity index (χ3v) is 3.85. The van der Waals surface area contributed by atoms with Crippen molar-refractivity contribution >= 4 is 11.3 Å². The minimum absolute atomic E-state index is 0.155. The van der Waals surface area contributed by atoms with E-state index in [0.29, 0.717) is 11.3 Å². The Labute approximate surface area is 123 Å². The molecule has 0 saturated carbocycles. The predicted octanol–water partition coefficient (Wildman–Crippen LogP) is 4.74. The summed E-state index contributed by atoms with van der Waals surface area (Å²) in [6.45, 7) is 18.8. The molecule has 0 bridgehead atoms. The second-order valence-electron chi connectivity index (χ2n) is 7.91. The van der Waals surface area contributed by atoms with E-state index in [-0.39, 0.29) is 5.54 Å². The highest BCUT2D eigenvalue weighted by Gasteiger charge is 2.20. The molecule has 0 saturated heterocycles. The minimum Gasteiger partial charge on any atom is -0.307 e. The van der Waals surface area contributed by atoms with Gasteiger partial charge in [-0.1, -0.05) is 34.6 Å². The van der Waals surface area contributed by atoms with Crippen molar-refractivity contribution in [3.8, 4) is 0 Å². The Kier molecular flexibility index (Phi) is 5.19. The maximum Gasteiger partial charge on any atom is 0.0936 e. The summed E-state index contributed by atoms with van der Waals surface area (Å²) in [5.41, 5.74) is 1.74. The summed E-state index contributed by atoms with van der Waals surface area (Å²) in [4.78, 5) is 6.28. The standard InChI is InChI=1S/C16H30N2S/c1-11(2)14-12(10-17-16(6,7)8)19-13(18-14)9-15(3,4)5/h11,17H,9-10H2,1-8H3. The molecular formula is C16H30N2S. The van der Waals surface area contributed by atoms with Gasteiger partial charge < -0.3 is 5.32 Å². The van der Waals surface area contributed by atoms with Crippen LogP contribution in [0.25, 0.3) is 0 Å². The zero-order valence-electron chi connectivity index (χ0n) is 13.8. The summed E-state index contributed by atoms with van der Waals surface area (Å²) in [7, 11) is 0. The molecule has 1 aromatic rings. The zero-order valence-corrected chi connectivity index (χ0v) is 14.7. The first kappa shape index (κ1) is 16.6. The lowest BCUT2D eigenvalue weighted by atomic mass is 9.93. The number of hydrogen-bond donors (Lipinski definition) is 1. The maximum atomic E-state index is 4.87. The van der Waals surface area contributed by atoms with Crippen LogP contribution in [0.5, 0.6) is 0 Å². The largest absolute Gasteiger partial charge is 0.307 e. The first-order valence-electron chi connectivity index (χ1n) is 7.21. The average molecular weight is 282 g/mol. The van der Waals surface area contributed by atoms with Crippen LogP contribution in [0.15, 0.2) is 0 Å². The van der Waals surface area contributed by atoms with Crippen LogP contribution in [-0.2, 0) is 13.0 Å². The summed E-state index contributed by atoms with van der Waals surface area (Å²) in [6.07, 6.45) is 1.06. The van der Waals surface area contributed by atoms with E-state index in [0.717, 1.165) is 13.0 Å². The van der Waals surface area contributed by atoms with Gasteiger partial charge in [-0.3, -0.25) is 0 Å². The number of nitrogens with zero attached hydrogens (tertiary/aromatic N) is 1. The SMILES string of the molecule is CC(C)c1nc(CC(C)(C)C)sc1CNC(C)(C)C. The number of nitrogens with one attached hydrogen (secondary N) is 1. The first-order chi connectivity index (χ1) is 8.48. The smallest absolute Gasteiger partial charge is 0.0936 e. The van der Waals surface area contributed by atoms with Gasteiger partial charge >= 0.3 is 0 Å². The second-order valence-corrected chi connectivity index (χ2v) is 9.08. The van der Waals surface area contributed by atoms with Crippen LogP contribution in [0.3, 0.4) is 0 Å². The van der Waals surface area contributed by atoms with Crippen LogP contribution in [0, 0.1) is 5.41 Å². The van der Waals surface area contributed by atoms with Crippen LogP contribution in [0.2, 0.25) is 0 Å². The molecule has 0 fully saturated rings. The van der Waals surface area contributed by atoms with Crippen LogP contribution in [0.4, 0.5) is 0 Å². The molecule has 3 heteroatoms. The van der Waals surface area contributed by atoms with Gasteiger partial charge in [-0.15, -0.1) is 11.3 Å². The van der Waals surface area contributed by atoms with Gasteiger partial charge in [-0.05, 0) is 32.1 Å². The van der Waals surface area contributed by atoms with Gasteiger partial charge in [-0.2, -0.15) is 0 Å². The van der Waals surface area contributed by atoms with E-state index < -0.39 is 0 Å². The van der Waals surface area contributed by atoms with Crippen LogP contribution < -0.4 is 5.32 Å². The molecule has 1 aromatic heterocycles. The van der Waals surface area contributed by atoms with Crippen molar-refractivity contribution in [2.24, 2.45) is 5.41 Å². The predicted molar refractivity (Wildman–Crippen MR) is 86.0 cm³/mol. The van der Waals surface area contributed by atoms with Crippen molar-refractivity contribution in [1.82, 2.24) is 10.3 Å². The van der Waals surface area contributed by atoms with E-state index in [1.807, 2.05) is 11.3 Å². The van der Waals surface area contributed by atoms with Gasteiger partial charge in [0.25, 0.3) is 0 Å². The van der Waals surface area contributed by atoms with Gasteiger partial charge in [0, 0.05) is 23.4 Å². The van der Waals surface area contributed by atoms with Crippen molar-refractivity contribution in [1.29, 1.82) is 0 Å². The van der Waals surface area contributed by atoms with E-state index >= 15 is 0 Å². The maximum absolute atomic E-state index is 4.87. The highest BCUT2D eigenvalue weighted by Crippen LogP contribution is 2.30.